The summed E-state index contributed by atoms with van der Waals surface area (Å²) in [5, 5.41) is 5.10. The molecule has 150 valence electrons. The zero-order valence-electron chi connectivity index (χ0n) is 15.4. The van der Waals surface area contributed by atoms with Crippen molar-refractivity contribution < 1.29 is 26.8 Å². The lowest BCUT2D eigenvalue weighted by Crippen LogP contribution is -2.45. The van der Waals surface area contributed by atoms with E-state index < -0.39 is 33.6 Å². The first kappa shape index (κ1) is 21.3. The molecule has 7 nitrogen and oxygen atoms in total. The highest BCUT2D eigenvalue weighted by Gasteiger charge is 2.29. The molecule has 0 aliphatic carbocycles. The van der Waals surface area contributed by atoms with Gasteiger partial charge in [0.2, 0.25) is 21.8 Å². The molecule has 2 rings (SSSR count). The van der Waals surface area contributed by atoms with Gasteiger partial charge in [-0.15, -0.1) is 0 Å². The molecule has 0 fully saturated rings. The lowest BCUT2D eigenvalue weighted by Gasteiger charge is -2.28. The van der Waals surface area contributed by atoms with Gasteiger partial charge in [-0.2, -0.15) is 0 Å². The summed E-state index contributed by atoms with van der Waals surface area (Å²) in [6.07, 6.45) is 0.857. The summed E-state index contributed by atoms with van der Waals surface area (Å²) in [5.74, 6) is -3.36. The zero-order chi connectivity index (χ0) is 21.1. The van der Waals surface area contributed by atoms with Crippen LogP contribution in [0.25, 0.3) is 0 Å². The van der Waals surface area contributed by atoms with Crippen LogP contribution in [0.2, 0.25) is 0 Å². The average molecular weight is 411 g/mol. The summed E-state index contributed by atoms with van der Waals surface area (Å²) in [6, 6.07) is 7.55. The minimum absolute atomic E-state index is 0.184. The number of anilines is 3. The van der Waals surface area contributed by atoms with E-state index in [-0.39, 0.29) is 11.6 Å². The number of hydrogen-bond donors (Lipinski definition) is 2. The van der Waals surface area contributed by atoms with Crippen molar-refractivity contribution in [2.45, 2.75) is 19.9 Å². The van der Waals surface area contributed by atoms with Crippen molar-refractivity contribution in [3.8, 4) is 0 Å². The minimum atomic E-state index is -3.98. The largest absolute Gasteiger partial charge is 0.326 e. The molecule has 2 aromatic rings. The molecule has 0 aromatic heterocycles. The Kier molecular flexibility index (Phi) is 6.34. The van der Waals surface area contributed by atoms with Crippen LogP contribution < -0.4 is 14.9 Å². The van der Waals surface area contributed by atoms with Crippen molar-refractivity contribution in [2.75, 3.05) is 21.2 Å². The number of carbonyl (C=O) groups excluding carboxylic acids is 2. The number of hydrogen-bond acceptors (Lipinski definition) is 4. The van der Waals surface area contributed by atoms with Crippen LogP contribution in [0.5, 0.6) is 0 Å². The van der Waals surface area contributed by atoms with Crippen LogP contribution in [0.3, 0.4) is 0 Å². The molecule has 0 heterocycles. The molecule has 10 heteroatoms. The number of nitrogens with one attached hydrogen (secondary N) is 2. The molecule has 1 atom stereocenters. The first-order chi connectivity index (χ1) is 13.0. The smallest absolute Gasteiger partial charge is 0.247 e. The van der Waals surface area contributed by atoms with Crippen molar-refractivity contribution in [3.63, 3.8) is 0 Å². The third-order valence-electron chi connectivity index (χ3n) is 3.70. The number of benzene rings is 2. The molecule has 28 heavy (non-hydrogen) atoms. The topological polar surface area (TPSA) is 95.6 Å². The molecule has 2 N–H and O–H groups in total. The van der Waals surface area contributed by atoms with Crippen molar-refractivity contribution in [1.29, 1.82) is 0 Å². The van der Waals surface area contributed by atoms with Gasteiger partial charge in [0, 0.05) is 24.4 Å². The average Bonchev–Trinajstić information content (AvgIpc) is 2.56. The van der Waals surface area contributed by atoms with Gasteiger partial charge in [-0.25, -0.2) is 17.2 Å². The Morgan fingerprint density at radius 1 is 1.00 bits per heavy atom. The van der Waals surface area contributed by atoms with Crippen molar-refractivity contribution in [1.82, 2.24) is 0 Å². The Bertz CT molecular complexity index is 1010. The molecule has 0 bridgehead atoms. The van der Waals surface area contributed by atoms with Crippen LogP contribution in [-0.4, -0.2) is 32.5 Å². The second kappa shape index (κ2) is 8.34. The van der Waals surface area contributed by atoms with E-state index >= 15 is 0 Å². The zero-order valence-corrected chi connectivity index (χ0v) is 16.2. The lowest BCUT2D eigenvalue weighted by atomic mass is 10.2. The van der Waals surface area contributed by atoms with E-state index in [0.29, 0.717) is 21.7 Å². The molecule has 0 aliphatic heterocycles. The number of amides is 2. The maximum Gasteiger partial charge on any atom is 0.247 e. The molecule has 1 unspecified atom stereocenters. The lowest BCUT2D eigenvalue weighted by molar-refractivity contribution is -0.117. The minimum Gasteiger partial charge on any atom is -0.326 e. The highest BCUT2D eigenvalue weighted by Crippen LogP contribution is 2.24. The quantitative estimate of drug-likeness (QED) is 0.764. The van der Waals surface area contributed by atoms with Gasteiger partial charge in [0.15, 0.2) is 11.6 Å². The summed E-state index contributed by atoms with van der Waals surface area (Å²) < 4.78 is 51.8. The highest BCUT2D eigenvalue weighted by molar-refractivity contribution is 7.92. The number of sulfonamides is 1. The Morgan fingerprint density at radius 2 is 1.61 bits per heavy atom. The fraction of sp³-hybridized carbons (Fsp3) is 0.222. The Morgan fingerprint density at radius 3 is 2.14 bits per heavy atom. The summed E-state index contributed by atoms with van der Waals surface area (Å²) in [6.45, 7) is 2.65. The van der Waals surface area contributed by atoms with E-state index in [2.05, 4.69) is 10.6 Å². The standard InChI is InChI=1S/C18H19F2N3O4S/c1-11(18(25)22-14-6-4-5-13(9-14)21-12(2)24)23(28(3,26)27)15-7-8-16(19)17(20)10-15/h4-11H,1-3H3,(H,21,24)(H,22,25). The van der Waals surface area contributed by atoms with Crippen molar-refractivity contribution >= 4 is 38.9 Å². The third kappa shape index (κ3) is 5.26. The second-order valence-electron chi connectivity index (χ2n) is 6.08. The number of carbonyl (C=O) groups is 2. The van der Waals surface area contributed by atoms with E-state index in [1.807, 2.05) is 0 Å². The van der Waals surface area contributed by atoms with Gasteiger partial charge in [0.05, 0.1) is 11.9 Å². The van der Waals surface area contributed by atoms with Gasteiger partial charge < -0.3 is 10.6 Å². The van der Waals surface area contributed by atoms with E-state index in [4.69, 9.17) is 0 Å². The highest BCUT2D eigenvalue weighted by atomic mass is 32.2. The normalized spacial score (nSPS) is 12.2. The maximum atomic E-state index is 13.6. The van der Waals surface area contributed by atoms with Gasteiger partial charge in [-0.3, -0.25) is 13.9 Å². The SMILES string of the molecule is CC(=O)Nc1cccc(NC(=O)C(C)N(c2ccc(F)c(F)c2)S(C)(=O)=O)c1. The summed E-state index contributed by atoms with van der Waals surface area (Å²) in [7, 11) is -3.98. The Labute approximate surface area is 161 Å². The van der Waals surface area contributed by atoms with Gasteiger partial charge >= 0.3 is 0 Å². The Hall–Kier alpha value is -3.01. The molecule has 0 aliphatic rings. The fourth-order valence-electron chi connectivity index (χ4n) is 2.56. The number of nitrogens with zero attached hydrogens (tertiary/aromatic N) is 1. The van der Waals surface area contributed by atoms with Crippen LogP contribution in [0.15, 0.2) is 42.5 Å². The predicted molar refractivity (Wildman–Crippen MR) is 103 cm³/mol. The van der Waals surface area contributed by atoms with E-state index in [1.54, 1.807) is 18.2 Å². The van der Waals surface area contributed by atoms with Crippen LogP contribution in [0, 0.1) is 11.6 Å². The summed E-state index contributed by atoms with van der Waals surface area (Å²) >= 11 is 0. The summed E-state index contributed by atoms with van der Waals surface area (Å²) in [5.41, 5.74) is 0.580. The van der Waals surface area contributed by atoms with Gasteiger partial charge in [0.25, 0.3) is 0 Å². The first-order valence-electron chi connectivity index (χ1n) is 8.12. The molecule has 0 saturated heterocycles. The molecule has 0 saturated carbocycles. The van der Waals surface area contributed by atoms with Crippen LogP contribution in [0.1, 0.15) is 13.8 Å². The van der Waals surface area contributed by atoms with Crippen LogP contribution in [-0.2, 0) is 19.6 Å². The summed E-state index contributed by atoms with van der Waals surface area (Å²) in [4.78, 5) is 23.7. The van der Waals surface area contributed by atoms with Crippen molar-refractivity contribution in [2.24, 2.45) is 0 Å². The first-order valence-corrected chi connectivity index (χ1v) is 9.97. The number of halogens is 2. The monoisotopic (exact) mass is 411 g/mol. The van der Waals surface area contributed by atoms with Gasteiger partial charge in [0.1, 0.15) is 6.04 Å². The maximum absolute atomic E-state index is 13.6. The van der Waals surface area contributed by atoms with E-state index in [1.165, 1.54) is 19.9 Å². The molecular formula is C18H19F2N3O4S. The molecular weight excluding hydrogens is 392 g/mol. The van der Waals surface area contributed by atoms with E-state index in [9.17, 15) is 26.8 Å². The van der Waals surface area contributed by atoms with Gasteiger partial charge in [-0.05, 0) is 37.3 Å². The molecule has 2 amide bonds. The van der Waals surface area contributed by atoms with Gasteiger partial charge in [-0.1, -0.05) is 6.07 Å². The molecule has 0 spiro atoms. The second-order valence-corrected chi connectivity index (χ2v) is 7.94. The Balaban J connectivity index is 2.29. The van der Waals surface area contributed by atoms with Crippen LogP contribution in [0.4, 0.5) is 25.8 Å². The fourth-order valence-corrected chi connectivity index (χ4v) is 3.72. The predicted octanol–water partition coefficient (Wildman–Crippen LogP) is 2.72. The molecule has 0 radical (unpaired) electrons. The third-order valence-corrected chi connectivity index (χ3v) is 4.94. The van der Waals surface area contributed by atoms with E-state index in [0.717, 1.165) is 18.4 Å². The van der Waals surface area contributed by atoms with Crippen LogP contribution >= 0.6 is 0 Å². The molecule has 2 aromatic carbocycles. The number of rotatable bonds is 6. The van der Waals surface area contributed by atoms with Crippen molar-refractivity contribution in [3.05, 3.63) is 54.1 Å².